The lowest BCUT2D eigenvalue weighted by atomic mass is 10.1. The zero-order chi connectivity index (χ0) is 23.3. The summed E-state index contributed by atoms with van der Waals surface area (Å²) in [5.74, 6) is -0.587. The van der Waals surface area contributed by atoms with Gasteiger partial charge < -0.3 is 4.90 Å². The molecular formula is C21H21N5O5S. The highest BCUT2D eigenvalue weighted by atomic mass is 32.2. The Bertz CT molecular complexity index is 1250. The number of nitrogens with one attached hydrogen (secondary N) is 1. The molecule has 2 aromatic carbocycles. The molecule has 0 bridgehead atoms. The number of benzene rings is 2. The van der Waals surface area contributed by atoms with Crippen molar-refractivity contribution in [2.75, 3.05) is 18.5 Å². The average molecular weight is 455 g/mol. The van der Waals surface area contributed by atoms with E-state index in [9.17, 15) is 23.3 Å². The van der Waals surface area contributed by atoms with E-state index in [0.29, 0.717) is 12.5 Å². The highest BCUT2D eigenvalue weighted by molar-refractivity contribution is 7.90. The number of amides is 1. The average Bonchev–Trinajstić information content (AvgIpc) is 2.77. The topological polar surface area (TPSA) is 135 Å². The first-order valence-corrected chi connectivity index (χ1v) is 11.1. The summed E-state index contributed by atoms with van der Waals surface area (Å²) in [7, 11) is -2.66. The fourth-order valence-electron chi connectivity index (χ4n) is 2.97. The molecule has 166 valence electrons. The third kappa shape index (κ3) is 5.24. The van der Waals surface area contributed by atoms with E-state index in [1.807, 2.05) is 47.0 Å². The first-order valence-electron chi connectivity index (χ1n) is 9.58. The van der Waals surface area contributed by atoms with Crippen LogP contribution < -0.4 is 9.62 Å². The number of rotatable bonds is 8. The van der Waals surface area contributed by atoms with Gasteiger partial charge in [-0.25, -0.2) is 23.1 Å². The van der Waals surface area contributed by atoms with Gasteiger partial charge in [0, 0.05) is 25.9 Å². The lowest BCUT2D eigenvalue weighted by Crippen LogP contribution is -2.32. The van der Waals surface area contributed by atoms with E-state index in [0.717, 1.165) is 24.1 Å². The molecule has 0 radical (unpaired) electrons. The van der Waals surface area contributed by atoms with E-state index < -0.39 is 31.4 Å². The van der Waals surface area contributed by atoms with E-state index in [1.54, 1.807) is 6.92 Å². The second-order valence-corrected chi connectivity index (χ2v) is 8.64. The van der Waals surface area contributed by atoms with Crippen molar-refractivity contribution in [1.29, 1.82) is 0 Å². The Morgan fingerprint density at radius 2 is 1.78 bits per heavy atom. The number of aromatic nitrogens is 2. The van der Waals surface area contributed by atoms with Crippen molar-refractivity contribution in [2.24, 2.45) is 0 Å². The fourth-order valence-corrected chi connectivity index (χ4v) is 4.11. The number of nitrogens with zero attached hydrogens (tertiary/aromatic N) is 4. The quantitative estimate of drug-likeness (QED) is 0.404. The van der Waals surface area contributed by atoms with Gasteiger partial charge in [0.05, 0.1) is 16.2 Å². The van der Waals surface area contributed by atoms with Crippen LogP contribution in [0.5, 0.6) is 0 Å². The molecule has 1 amide bonds. The zero-order valence-corrected chi connectivity index (χ0v) is 18.2. The third-order valence-electron chi connectivity index (χ3n) is 4.71. The first kappa shape index (κ1) is 22.8. The van der Waals surface area contributed by atoms with Gasteiger partial charge in [-0.1, -0.05) is 42.5 Å². The van der Waals surface area contributed by atoms with Crippen LogP contribution in [-0.2, 0) is 16.4 Å². The van der Waals surface area contributed by atoms with E-state index in [4.69, 9.17) is 0 Å². The Kier molecular flexibility index (Phi) is 6.79. The Morgan fingerprint density at radius 1 is 1.12 bits per heavy atom. The molecule has 0 unspecified atom stereocenters. The van der Waals surface area contributed by atoms with Crippen molar-refractivity contribution in [2.45, 2.75) is 18.2 Å². The van der Waals surface area contributed by atoms with Crippen LogP contribution in [0, 0.1) is 17.0 Å². The Hall–Kier alpha value is -3.86. The molecule has 3 aromatic rings. The maximum atomic E-state index is 12.6. The number of hydrogen-bond acceptors (Lipinski definition) is 8. The van der Waals surface area contributed by atoms with Crippen LogP contribution in [0.1, 0.15) is 21.6 Å². The van der Waals surface area contributed by atoms with Crippen LogP contribution >= 0.6 is 0 Å². The van der Waals surface area contributed by atoms with Gasteiger partial charge in [0.25, 0.3) is 21.6 Å². The van der Waals surface area contributed by atoms with Crippen LogP contribution in [0.15, 0.2) is 65.7 Å². The number of likely N-dealkylation sites (N-methyl/N-ethyl adjacent to an activating group) is 1. The summed E-state index contributed by atoms with van der Waals surface area (Å²) in [5, 5.41) is 11.1. The largest absolute Gasteiger partial charge is 0.344 e. The molecule has 0 spiro atoms. The van der Waals surface area contributed by atoms with Gasteiger partial charge in [0.1, 0.15) is 0 Å². The molecular weight excluding hydrogens is 434 g/mol. The predicted octanol–water partition coefficient (Wildman–Crippen LogP) is 2.49. The number of carbonyl (C=O) groups is 1. The van der Waals surface area contributed by atoms with Gasteiger partial charge in [0.2, 0.25) is 5.95 Å². The number of sulfonamides is 1. The second kappa shape index (κ2) is 9.52. The van der Waals surface area contributed by atoms with Crippen molar-refractivity contribution >= 4 is 27.6 Å². The number of nitro groups is 1. The normalized spacial score (nSPS) is 11.1. The highest BCUT2D eigenvalue weighted by Gasteiger charge is 2.28. The molecule has 0 fully saturated rings. The number of aryl methyl sites for hydroxylation is 1. The number of nitro benzene ring substituents is 1. The minimum Gasteiger partial charge on any atom is -0.344 e. The fraction of sp³-hybridized carbons (Fsp3) is 0.190. The van der Waals surface area contributed by atoms with E-state index in [1.165, 1.54) is 18.3 Å². The molecule has 0 aliphatic heterocycles. The Labute approximate surface area is 185 Å². The van der Waals surface area contributed by atoms with Gasteiger partial charge in [-0.2, -0.15) is 0 Å². The molecule has 0 atom stereocenters. The predicted molar refractivity (Wildman–Crippen MR) is 118 cm³/mol. The minimum atomic E-state index is -4.47. The second-order valence-electron chi connectivity index (χ2n) is 6.99. The minimum absolute atomic E-state index is 0.0487. The summed E-state index contributed by atoms with van der Waals surface area (Å²) in [6.45, 7) is 2.20. The lowest BCUT2D eigenvalue weighted by Gasteiger charge is -2.18. The maximum absolute atomic E-state index is 12.6. The Morgan fingerprint density at radius 3 is 2.44 bits per heavy atom. The van der Waals surface area contributed by atoms with Crippen LogP contribution in [0.4, 0.5) is 11.6 Å². The van der Waals surface area contributed by atoms with E-state index >= 15 is 0 Å². The first-order chi connectivity index (χ1) is 15.2. The third-order valence-corrected chi connectivity index (χ3v) is 6.09. The summed E-state index contributed by atoms with van der Waals surface area (Å²) < 4.78 is 27.0. The zero-order valence-electron chi connectivity index (χ0n) is 17.4. The number of hydrogen-bond donors (Lipinski definition) is 1. The van der Waals surface area contributed by atoms with Gasteiger partial charge in [-0.15, -0.1) is 0 Å². The van der Waals surface area contributed by atoms with Gasteiger partial charge >= 0.3 is 0 Å². The summed E-state index contributed by atoms with van der Waals surface area (Å²) in [6, 6.07) is 14.7. The number of carbonyl (C=O) groups excluding carboxylic acids is 1. The summed E-state index contributed by atoms with van der Waals surface area (Å²) in [6.07, 6.45) is 2.01. The molecule has 1 N–H and O–H groups in total. The van der Waals surface area contributed by atoms with Crippen molar-refractivity contribution in [1.82, 2.24) is 14.7 Å². The number of para-hydroxylation sites is 1. The molecule has 11 heteroatoms. The highest BCUT2D eigenvalue weighted by Crippen LogP contribution is 2.23. The lowest BCUT2D eigenvalue weighted by molar-refractivity contribution is -0.387. The Balaban J connectivity index is 1.74. The SMILES string of the molecule is Cc1nc(N(C)CCc2ccccc2)ncc1C(=O)NS(=O)(=O)c1ccccc1[N+](=O)[O-]. The number of anilines is 1. The van der Waals surface area contributed by atoms with Crippen LogP contribution in [0.25, 0.3) is 0 Å². The molecule has 32 heavy (non-hydrogen) atoms. The van der Waals surface area contributed by atoms with Gasteiger partial charge in [-0.3, -0.25) is 14.9 Å². The maximum Gasteiger partial charge on any atom is 0.289 e. The van der Waals surface area contributed by atoms with Gasteiger partial charge in [0.15, 0.2) is 4.90 Å². The molecule has 0 aliphatic rings. The molecule has 1 aromatic heterocycles. The molecule has 1 heterocycles. The summed E-state index contributed by atoms with van der Waals surface area (Å²) in [4.78, 5) is 32.6. The molecule has 0 aliphatic carbocycles. The monoisotopic (exact) mass is 455 g/mol. The van der Waals surface area contributed by atoms with E-state index in [-0.39, 0.29) is 11.3 Å². The molecule has 3 rings (SSSR count). The van der Waals surface area contributed by atoms with Gasteiger partial charge in [-0.05, 0) is 25.0 Å². The van der Waals surface area contributed by atoms with Crippen LogP contribution in [0.2, 0.25) is 0 Å². The van der Waals surface area contributed by atoms with Crippen LogP contribution in [-0.4, -0.2) is 42.8 Å². The summed E-state index contributed by atoms with van der Waals surface area (Å²) in [5.41, 5.74) is 0.757. The van der Waals surface area contributed by atoms with Crippen LogP contribution in [0.3, 0.4) is 0 Å². The van der Waals surface area contributed by atoms with Crippen molar-refractivity contribution in [3.8, 4) is 0 Å². The van der Waals surface area contributed by atoms with Crippen molar-refractivity contribution in [3.63, 3.8) is 0 Å². The van der Waals surface area contributed by atoms with Crippen molar-refractivity contribution in [3.05, 3.63) is 87.7 Å². The van der Waals surface area contributed by atoms with E-state index in [2.05, 4.69) is 9.97 Å². The summed E-state index contributed by atoms with van der Waals surface area (Å²) >= 11 is 0. The van der Waals surface area contributed by atoms with Crippen molar-refractivity contribution < 1.29 is 18.1 Å². The molecule has 0 saturated carbocycles. The molecule has 0 saturated heterocycles. The smallest absolute Gasteiger partial charge is 0.289 e. The molecule has 10 nitrogen and oxygen atoms in total. The standard InChI is InChI=1S/C21H21N5O5S/c1-15-17(14-22-21(23-15)25(2)13-12-16-8-4-3-5-9-16)20(27)24-32(30,31)19-11-7-6-10-18(19)26(28)29/h3-11,14H,12-13H2,1-2H3,(H,24,27).